The molecule has 2 heteroatoms. The molecule has 0 spiro atoms. The van der Waals surface area contributed by atoms with Gasteiger partial charge < -0.3 is 10.0 Å². The Morgan fingerprint density at radius 2 is 1.27 bits per heavy atom. The minimum Gasteiger partial charge on any atom is -0.393 e. The van der Waals surface area contributed by atoms with Gasteiger partial charge in [-0.2, -0.15) is 0 Å². The number of rotatable bonds is 7. The second-order valence-electron chi connectivity index (χ2n) is 5.68. The number of hydrogen-bond acceptors (Lipinski definition) is 2. The maximum atomic E-state index is 9.41. The highest BCUT2D eigenvalue weighted by molar-refractivity contribution is 4.71. The van der Waals surface area contributed by atoms with E-state index in [2.05, 4.69) is 39.5 Å². The van der Waals surface area contributed by atoms with E-state index in [4.69, 9.17) is 0 Å². The van der Waals surface area contributed by atoms with Gasteiger partial charge in [0.2, 0.25) is 0 Å². The first-order chi connectivity index (χ1) is 6.82. The molecular weight excluding hydrogens is 186 g/mol. The van der Waals surface area contributed by atoms with Gasteiger partial charge in [-0.15, -0.1) is 0 Å². The Bertz CT molecular complexity index is 145. The predicted molar refractivity (Wildman–Crippen MR) is 67.0 cm³/mol. The van der Waals surface area contributed by atoms with Gasteiger partial charge in [0, 0.05) is 19.1 Å². The maximum absolute atomic E-state index is 9.41. The Labute approximate surface area is 95.7 Å². The van der Waals surface area contributed by atoms with Crippen molar-refractivity contribution in [2.45, 2.75) is 60.1 Å². The molecule has 0 fully saturated rings. The Hall–Kier alpha value is -0.0800. The van der Waals surface area contributed by atoms with Gasteiger partial charge in [0.25, 0.3) is 0 Å². The summed E-state index contributed by atoms with van der Waals surface area (Å²) in [5, 5.41) is 9.41. The summed E-state index contributed by atoms with van der Waals surface area (Å²) >= 11 is 0. The zero-order valence-electron chi connectivity index (χ0n) is 11.3. The third kappa shape index (κ3) is 7.80. The van der Waals surface area contributed by atoms with Crippen LogP contribution in [0, 0.1) is 11.8 Å². The van der Waals surface area contributed by atoms with Crippen molar-refractivity contribution >= 4 is 0 Å². The Kier molecular flexibility index (Phi) is 7.20. The molecule has 0 bridgehead atoms. The van der Waals surface area contributed by atoms with Crippen molar-refractivity contribution in [1.29, 1.82) is 0 Å². The van der Waals surface area contributed by atoms with E-state index in [1.165, 1.54) is 0 Å². The normalized spacial score (nSPS) is 16.4. The number of aliphatic hydroxyl groups excluding tert-OH is 1. The molecule has 0 aliphatic heterocycles. The maximum Gasteiger partial charge on any atom is 0.0526 e. The lowest BCUT2D eigenvalue weighted by Gasteiger charge is -2.32. The number of hydrogen-bond donors (Lipinski definition) is 1. The van der Waals surface area contributed by atoms with Crippen LogP contribution in [0.25, 0.3) is 0 Å². The summed E-state index contributed by atoms with van der Waals surface area (Å²) in [6, 6.07) is 0.481. The van der Waals surface area contributed by atoms with E-state index in [1.807, 2.05) is 6.92 Å². The monoisotopic (exact) mass is 215 g/mol. The van der Waals surface area contributed by atoms with Crippen LogP contribution in [0.4, 0.5) is 0 Å². The number of nitrogens with zero attached hydrogens (tertiary/aromatic N) is 1. The molecule has 92 valence electrons. The van der Waals surface area contributed by atoms with Crippen LogP contribution in [-0.2, 0) is 0 Å². The van der Waals surface area contributed by atoms with Crippen LogP contribution in [0.2, 0.25) is 0 Å². The van der Waals surface area contributed by atoms with Gasteiger partial charge in [0.15, 0.2) is 0 Å². The van der Waals surface area contributed by atoms with E-state index in [0.717, 1.165) is 19.5 Å². The summed E-state index contributed by atoms with van der Waals surface area (Å²) in [5.41, 5.74) is 0. The first kappa shape index (κ1) is 14.9. The van der Waals surface area contributed by atoms with Crippen LogP contribution in [0.1, 0.15) is 48.0 Å². The van der Waals surface area contributed by atoms with Crippen LogP contribution < -0.4 is 0 Å². The first-order valence-electron chi connectivity index (χ1n) is 6.25. The minimum atomic E-state index is -0.193. The van der Waals surface area contributed by atoms with Crippen LogP contribution in [-0.4, -0.2) is 35.2 Å². The molecular formula is C13H29NO. The van der Waals surface area contributed by atoms with Crippen molar-refractivity contribution in [2.24, 2.45) is 11.8 Å². The van der Waals surface area contributed by atoms with Gasteiger partial charge in [0.1, 0.15) is 0 Å². The summed E-state index contributed by atoms with van der Waals surface area (Å²) in [4.78, 5) is 2.50. The second-order valence-corrected chi connectivity index (χ2v) is 5.68. The molecule has 0 saturated heterocycles. The van der Waals surface area contributed by atoms with Gasteiger partial charge >= 0.3 is 0 Å². The van der Waals surface area contributed by atoms with Crippen molar-refractivity contribution in [3.05, 3.63) is 0 Å². The molecule has 0 aromatic carbocycles. The van der Waals surface area contributed by atoms with E-state index in [-0.39, 0.29) is 6.10 Å². The minimum absolute atomic E-state index is 0.193. The van der Waals surface area contributed by atoms with Gasteiger partial charge in [-0.05, 0) is 32.1 Å². The molecule has 0 amide bonds. The lowest BCUT2D eigenvalue weighted by Crippen LogP contribution is -2.40. The summed E-state index contributed by atoms with van der Waals surface area (Å²) in [6.45, 7) is 15.4. The van der Waals surface area contributed by atoms with Gasteiger partial charge in [0.05, 0.1) is 6.10 Å². The average Bonchev–Trinajstić information content (AvgIpc) is 1.99. The quantitative estimate of drug-likeness (QED) is 0.706. The smallest absolute Gasteiger partial charge is 0.0526 e. The fraction of sp³-hybridized carbons (Fsp3) is 1.00. The van der Waals surface area contributed by atoms with E-state index in [1.54, 1.807) is 0 Å². The molecule has 2 atom stereocenters. The largest absolute Gasteiger partial charge is 0.393 e. The molecule has 0 aliphatic rings. The zero-order valence-corrected chi connectivity index (χ0v) is 11.3. The van der Waals surface area contributed by atoms with E-state index in [9.17, 15) is 5.11 Å². The van der Waals surface area contributed by atoms with E-state index in [0.29, 0.717) is 17.9 Å². The molecule has 0 radical (unpaired) electrons. The fourth-order valence-corrected chi connectivity index (χ4v) is 2.02. The van der Waals surface area contributed by atoms with Crippen molar-refractivity contribution in [3.63, 3.8) is 0 Å². The van der Waals surface area contributed by atoms with E-state index < -0.39 is 0 Å². The molecule has 0 saturated carbocycles. The molecule has 1 N–H and O–H groups in total. The standard InChI is InChI=1S/C13H29NO/c1-10(2)8-14(9-11(3)4)12(5)7-13(6)15/h10-13,15H,7-9H2,1-6H3. The molecule has 2 unspecified atom stereocenters. The van der Waals surface area contributed by atoms with Crippen LogP contribution in [0.3, 0.4) is 0 Å². The molecule has 0 aliphatic carbocycles. The molecule has 0 heterocycles. The lowest BCUT2D eigenvalue weighted by atomic mass is 10.1. The third-order valence-corrected chi connectivity index (χ3v) is 2.50. The van der Waals surface area contributed by atoms with Crippen LogP contribution in [0.15, 0.2) is 0 Å². The lowest BCUT2D eigenvalue weighted by molar-refractivity contribution is 0.103. The average molecular weight is 215 g/mol. The topological polar surface area (TPSA) is 23.5 Å². The van der Waals surface area contributed by atoms with Crippen molar-refractivity contribution in [2.75, 3.05) is 13.1 Å². The van der Waals surface area contributed by atoms with Crippen molar-refractivity contribution < 1.29 is 5.11 Å². The Morgan fingerprint density at radius 3 is 1.53 bits per heavy atom. The molecule has 0 aromatic heterocycles. The highest BCUT2D eigenvalue weighted by atomic mass is 16.3. The van der Waals surface area contributed by atoms with Gasteiger partial charge in [-0.25, -0.2) is 0 Å². The van der Waals surface area contributed by atoms with E-state index >= 15 is 0 Å². The third-order valence-electron chi connectivity index (χ3n) is 2.50. The SMILES string of the molecule is CC(C)CN(CC(C)C)C(C)CC(C)O. The van der Waals surface area contributed by atoms with Crippen molar-refractivity contribution in [1.82, 2.24) is 4.90 Å². The number of aliphatic hydroxyl groups is 1. The van der Waals surface area contributed by atoms with Crippen LogP contribution >= 0.6 is 0 Å². The zero-order chi connectivity index (χ0) is 12.0. The summed E-state index contributed by atoms with van der Waals surface area (Å²) in [6.07, 6.45) is 0.682. The summed E-state index contributed by atoms with van der Waals surface area (Å²) in [7, 11) is 0. The molecule has 0 aromatic rings. The molecule has 0 rings (SSSR count). The Balaban J connectivity index is 4.20. The fourth-order valence-electron chi connectivity index (χ4n) is 2.02. The molecule has 15 heavy (non-hydrogen) atoms. The van der Waals surface area contributed by atoms with Crippen molar-refractivity contribution in [3.8, 4) is 0 Å². The van der Waals surface area contributed by atoms with Gasteiger partial charge in [-0.1, -0.05) is 27.7 Å². The summed E-state index contributed by atoms with van der Waals surface area (Å²) in [5.74, 6) is 1.39. The highest BCUT2D eigenvalue weighted by Gasteiger charge is 2.17. The summed E-state index contributed by atoms with van der Waals surface area (Å²) < 4.78 is 0. The van der Waals surface area contributed by atoms with Gasteiger partial charge in [-0.3, -0.25) is 0 Å². The predicted octanol–water partition coefficient (Wildman–Crippen LogP) is 2.76. The second kappa shape index (κ2) is 7.24. The Morgan fingerprint density at radius 1 is 0.867 bits per heavy atom. The highest BCUT2D eigenvalue weighted by Crippen LogP contribution is 2.12. The molecule has 2 nitrogen and oxygen atoms in total. The first-order valence-corrected chi connectivity index (χ1v) is 6.25. The van der Waals surface area contributed by atoms with Crippen LogP contribution in [0.5, 0.6) is 0 Å².